The number of hydrogen-bond donors (Lipinski definition) is 1. The van der Waals surface area contributed by atoms with Gasteiger partial charge in [-0.3, -0.25) is 9.59 Å². The lowest BCUT2D eigenvalue weighted by atomic mass is 9.89. The molecule has 4 nitrogen and oxygen atoms in total. The molecular formula is C28H24F2O4. The Morgan fingerprint density at radius 1 is 0.853 bits per heavy atom. The summed E-state index contributed by atoms with van der Waals surface area (Å²) in [5, 5.41) is 10.4. The Morgan fingerprint density at radius 2 is 1.38 bits per heavy atom. The van der Waals surface area contributed by atoms with Crippen LogP contribution in [0.3, 0.4) is 0 Å². The molecule has 3 rings (SSSR count). The normalized spacial score (nSPS) is 11.8. The van der Waals surface area contributed by atoms with Crippen molar-refractivity contribution in [2.24, 2.45) is 0 Å². The number of aliphatic hydroxyl groups excluding tert-OH is 1. The maximum Gasteiger partial charge on any atom is 0.313 e. The number of ether oxygens (including phenoxy) is 1. The lowest BCUT2D eigenvalue weighted by molar-refractivity contribution is -0.143. The number of methoxy groups -OCH3 is 1. The molecule has 0 saturated carbocycles. The van der Waals surface area contributed by atoms with Crippen molar-refractivity contribution < 1.29 is 28.2 Å². The van der Waals surface area contributed by atoms with Gasteiger partial charge < -0.3 is 9.84 Å². The molecule has 0 aliphatic heterocycles. The highest BCUT2D eigenvalue weighted by molar-refractivity contribution is 6.02. The number of allylic oxidation sites excluding steroid dienone is 2. The quantitative estimate of drug-likeness (QED) is 0.201. The van der Waals surface area contributed by atoms with E-state index in [-0.39, 0.29) is 6.42 Å². The molecule has 34 heavy (non-hydrogen) atoms. The van der Waals surface area contributed by atoms with Crippen LogP contribution in [0.15, 0.2) is 91.0 Å². The van der Waals surface area contributed by atoms with Crippen molar-refractivity contribution in [1.29, 1.82) is 0 Å². The number of carbonyl (C=O) groups excluding carboxylic acids is 2. The van der Waals surface area contributed by atoms with Gasteiger partial charge in [-0.1, -0.05) is 66.7 Å². The average molecular weight is 462 g/mol. The molecule has 0 fully saturated rings. The zero-order chi connectivity index (χ0) is 24.5. The summed E-state index contributed by atoms with van der Waals surface area (Å²) in [7, 11) is 1.19. The monoisotopic (exact) mass is 462 g/mol. The molecule has 0 amide bonds. The van der Waals surface area contributed by atoms with Gasteiger partial charge in [-0.15, -0.1) is 0 Å². The van der Waals surface area contributed by atoms with Crippen LogP contribution >= 0.6 is 0 Å². The van der Waals surface area contributed by atoms with Crippen LogP contribution in [0, 0.1) is 11.6 Å². The van der Waals surface area contributed by atoms with E-state index in [2.05, 4.69) is 4.74 Å². The van der Waals surface area contributed by atoms with Gasteiger partial charge in [-0.2, -0.15) is 0 Å². The summed E-state index contributed by atoms with van der Waals surface area (Å²) in [6.07, 6.45) is 1.33. The van der Waals surface area contributed by atoms with Gasteiger partial charge in [-0.25, -0.2) is 8.78 Å². The fourth-order valence-corrected chi connectivity index (χ4v) is 3.47. The van der Waals surface area contributed by atoms with E-state index < -0.39 is 35.9 Å². The first-order valence-electron chi connectivity index (χ1n) is 10.6. The summed E-state index contributed by atoms with van der Waals surface area (Å²) in [5.74, 6) is -1.90. The van der Waals surface area contributed by atoms with Crippen molar-refractivity contribution in [3.8, 4) is 0 Å². The van der Waals surface area contributed by atoms with Crippen molar-refractivity contribution in [3.63, 3.8) is 0 Å². The van der Waals surface area contributed by atoms with Crippen molar-refractivity contribution in [1.82, 2.24) is 0 Å². The number of esters is 1. The van der Waals surface area contributed by atoms with Crippen molar-refractivity contribution >= 4 is 22.9 Å². The number of Topliss-reactive ketones (excluding diaryl/α,β-unsaturated/α-hetero) is 1. The van der Waals surface area contributed by atoms with Crippen LogP contribution < -0.4 is 0 Å². The Kier molecular flexibility index (Phi) is 8.60. The van der Waals surface area contributed by atoms with E-state index in [0.717, 1.165) is 5.56 Å². The highest BCUT2D eigenvalue weighted by Gasteiger charge is 2.16. The first kappa shape index (κ1) is 24.7. The van der Waals surface area contributed by atoms with Crippen LogP contribution in [-0.4, -0.2) is 30.1 Å². The Labute approximate surface area is 196 Å². The molecule has 1 unspecified atom stereocenters. The molecule has 1 atom stereocenters. The summed E-state index contributed by atoms with van der Waals surface area (Å²) < 4.78 is 31.8. The molecule has 174 valence electrons. The summed E-state index contributed by atoms with van der Waals surface area (Å²) in [6, 6.07) is 21.2. The minimum atomic E-state index is -1.14. The van der Waals surface area contributed by atoms with Crippen LogP contribution in [0.5, 0.6) is 0 Å². The molecule has 0 aliphatic rings. The molecule has 3 aromatic carbocycles. The predicted molar refractivity (Wildman–Crippen MR) is 127 cm³/mol. The molecule has 6 heteroatoms. The van der Waals surface area contributed by atoms with E-state index in [1.54, 1.807) is 30.3 Å². The standard InChI is InChI=1S/C28H24F2O4/c1-34-27(33)18-25(32)17-24(31)15-16-26(19-5-3-2-4-6-19)28(20-7-11-22(29)12-8-20)21-9-13-23(30)14-10-21/h2-16,24,31H,17-18H2,1H3/b16-15+. The van der Waals surface area contributed by atoms with E-state index in [4.69, 9.17) is 0 Å². The maximum absolute atomic E-state index is 13.6. The third-order valence-electron chi connectivity index (χ3n) is 5.11. The number of aliphatic hydroxyl groups is 1. The number of carbonyl (C=O) groups is 2. The number of ketones is 1. The van der Waals surface area contributed by atoms with Gasteiger partial charge >= 0.3 is 5.97 Å². The maximum atomic E-state index is 13.6. The first-order valence-corrected chi connectivity index (χ1v) is 10.6. The minimum absolute atomic E-state index is 0.254. The second-order valence-corrected chi connectivity index (χ2v) is 7.59. The van der Waals surface area contributed by atoms with Crippen LogP contribution in [0.1, 0.15) is 29.5 Å². The van der Waals surface area contributed by atoms with Gasteiger partial charge in [0.1, 0.15) is 23.8 Å². The second kappa shape index (κ2) is 11.8. The van der Waals surface area contributed by atoms with Crippen LogP contribution in [0.25, 0.3) is 11.1 Å². The van der Waals surface area contributed by atoms with Gasteiger partial charge in [-0.05, 0) is 52.1 Å². The molecule has 0 saturated heterocycles. The molecule has 0 aliphatic carbocycles. The summed E-state index contributed by atoms with van der Waals surface area (Å²) >= 11 is 0. The Morgan fingerprint density at radius 3 is 1.88 bits per heavy atom. The van der Waals surface area contributed by atoms with Crippen molar-refractivity contribution in [3.05, 3.63) is 119 Å². The first-order chi connectivity index (χ1) is 16.4. The summed E-state index contributed by atoms with van der Waals surface area (Å²) in [4.78, 5) is 23.3. The van der Waals surface area contributed by atoms with Crippen molar-refractivity contribution in [2.45, 2.75) is 18.9 Å². The summed E-state index contributed by atoms with van der Waals surface area (Å²) in [5.41, 5.74) is 3.55. The average Bonchev–Trinajstić information content (AvgIpc) is 2.83. The SMILES string of the molecule is COC(=O)CC(=O)CC(O)/C=C/C(=C(c1ccc(F)cc1)c1ccc(F)cc1)c1ccccc1. The smallest absolute Gasteiger partial charge is 0.313 e. The van der Waals surface area contributed by atoms with Gasteiger partial charge in [0.2, 0.25) is 0 Å². The Balaban J connectivity index is 2.09. The third kappa shape index (κ3) is 6.80. The highest BCUT2D eigenvalue weighted by Crippen LogP contribution is 2.33. The topological polar surface area (TPSA) is 63.6 Å². The van der Waals surface area contributed by atoms with Crippen LogP contribution in [0.4, 0.5) is 8.78 Å². The fraction of sp³-hybridized carbons (Fsp3) is 0.143. The Hall–Kier alpha value is -3.90. The van der Waals surface area contributed by atoms with Gasteiger partial charge in [0.05, 0.1) is 13.2 Å². The fourth-order valence-electron chi connectivity index (χ4n) is 3.47. The molecule has 0 spiro atoms. The minimum Gasteiger partial charge on any atom is -0.469 e. The summed E-state index contributed by atoms with van der Waals surface area (Å²) in [6.45, 7) is 0. The predicted octanol–water partition coefficient (Wildman–Crippen LogP) is 5.36. The lowest BCUT2D eigenvalue weighted by Gasteiger charge is -2.16. The van der Waals surface area contributed by atoms with E-state index in [1.807, 2.05) is 30.3 Å². The highest BCUT2D eigenvalue weighted by atomic mass is 19.1. The van der Waals surface area contributed by atoms with Crippen molar-refractivity contribution in [2.75, 3.05) is 7.11 Å². The van der Waals surface area contributed by atoms with E-state index in [0.29, 0.717) is 22.3 Å². The zero-order valence-electron chi connectivity index (χ0n) is 18.6. The molecule has 1 N–H and O–H groups in total. The third-order valence-corrected chi connectivity index (χ3v) is 5.11. The van der Waals surface area contributed by atoms with Crippen LogP contribution in [0.2, 0.25) is 0 Å². The van der Waals surface area contributed by atoms with Gasteiger partial charge in [0, 0.05) is 6.42 Å². The number of benzene rings is 3. The molecule has 0 aromatic heterocycles. The number of hydrogen-bond acceptors (Lipinski definition) is 4. The zero-order valence-corrected chi connectivity index (χ0v) is 18.6. The second-order valence-electron chi connectivity index (χ2n) is 7.59. The van der Waals surface area contributed by atoms with E-state index >= 15 is 0 Å². The molecule has 0 radical (unpaired) electrons. The van der Waals surface area contributed by atoms with E-state index in [1.165, 1.54) is 37.5 Å². The largest absolute Gasteiger partial charge is 0.469 e. The Bertz CT molecular complexity index is 1130. The van der Waals surface area contributed by atoms with Crippen LogP contribution in [-0.2, 0) is 14.3 Å². The van der Waals surface area contributed by atoms with E-state index in [9.17, 15) is 23.5 Å². The lowest BCUT2D eigenvalue weighted by Crippen LogP contribution is -2.15. The molecular weight excluding hydrogens is 438 g/mol. The molecule has 0 bridgehead atoms. The number of rotatable bonds is 9. The van der Waals surface area contributed by atoms with Gasteiger partial charge in [0.25, 0.3) is 0 Å². The molecule has 0 heterocycles. The van der Waals surface area contributed by atoms with Gasteiger partial charge in [0.15, 0.2) is 0 Å². The number of halogens is 2. The molecule has 3 aromatic rings.